The molecule has 0 bridgehead atoms. The van der Waals surface area contributed by atoms with E-state index in [2.05, 4.69) is 15.0 Å². The summed E-state index contributed by atoms with van der Waals surface area (Å²) in [6.07, 6.45) is -5.82. The van der Waals surface area contributed by atoms with Crippen LogP contribution in [0.15, 0.2) is 36.4 Å². The molecule has 1 fully saturated rings. The molecule has 33 heavy (non-hydrogen) atoms. The van der Waals surface area contributed by atoms with Crippen LogP contribution in [0.4, 0.5) is 22.0 Å². The van der Waals surface area contributed by atoms with Gasteiger partial charge in [0.2, 0.25) is 0 Å². The Morgan fingerprint density at radius 3 is 2.27 bits per heavy atom. The van der Waals surface area contributed by atoms with Crippen molar-refractivity contribution in [2.45, 2.75) is 25.6 Å². The predicted octanol–water partition coefficient (Wildman–Crippen LogP) is 4.30. The van der Waals surface area contributed by atoms with E-state index >= 15 is 0 Å². The van der Waals surface area contributed by atoms with Gasteiger partial charge in [-0.25, -0.2) is 9.50 Å². The molecule has 176 valence electrons. The van der Waals surface area contributed by atoms with Gasteiger partial charge in [0, 0.05) is 49.5 Å². The Labute approximate surface area is 190 Å². The van der Waals surface area contributed by atoms with Crippen molar-refractivity contribution in [2.75, 3.05) is 26.2 Å². The van der Waals surface area contributed by atoms with Gasteiger partial charge in [0.25, 0.3) is 5.91 Å². The Morgan fingerprint density at radius 1 is 1.03 bits per heavy atom. The molecule has 4 rings (SSSR count). The number of carbonyl (C=O) groups excluding carboxylic acids is 1. The third-order valence-corrected chi connectivity index (χ3v) is 5.68. The number of aromatic nitrogens is 3. The lowest BCUT2D eigenvalue weighted by molar-refractivity contribution is -0.291. The maximum Gasteiger partial charge on any atom is 0.459 e. The molecule has 0 saturated carbocycles. The average molecular weight is 488 g/mol. The molecular formula is C21H19ClF5N5O. The number of piperazine rings is 1. The molecule has 6 nitrogen and oxygen atoms in total. The second-order valence-corrected chi connectivity index (χ2v) is 8.29. The van der Waals surface area contributed by atoms with E-state index < -0.39 is 23.7 Å². The first-order valence-electron chi connectivity index (χ1n) is 10.0. The normalized spacial score (nSPS) is 15.9. The number of benzene rings is 1. The van der Waals surface area contributed by atoms with E-state index in [1.54, 1.807) is 12.1 Å². The number of alkyl halides is 5. The number of rotatable bonds is 4. The molecule has 3 heterocycles. The van der Waals surface area contributed by atoms with Crippen LogP contribution < -0.4 is 0 Å². The maximum absolute atomic E-state index is 14.1. The molecule has 0 radical (unpaired) electrons. The number of amides is 1. The van der Waals surface area contributed by atoms with E-state index in [1.165, 1.54) is 11.8 Å². The standard InChI is InChI=1S/C21H19ClF5N5O/c1-13-10-17(20(23,24)21(25,26)27)32-18(28-13)11-16(29-32)19(33)31-8-6-30(7-9-31)12-14-2-4-15(22)5-3-14/h2-5,10-11H,6-9,12H2,1H3. The van der Waals surface area contributed by atoms with E-state index in [-0.39, 0.29) is 17.0 Å². The smallest absolute Gasteiger partial charge is 0.335 e. The van der Waals surface area contributed by atoms with Gasteiger partial charge in [-0.2, -0.15) is 27.1 Å². The second kappa shape index (κ2) is 8.53. The van der Waals surface area contributed by atoms with Crippen LogP contribution in [0.25, 0.3) is 5.65 Å². The zero-order chi connectivity index (χ0) is 24.0. The first kappa shape index (κ1) is 23.4. The molecule has 1 amide bonds. The van der Waals surface area contributed by atoms with Crippen molar-refractivity contribution in [3.63, 3.8) is 0 Å². The fraction of sp³-hybridized carbons (Fsp3) is 0.381. The van der Waals surface area contributed by atoms with Crippen molar-refractivity contribution < 1.29 is 26.7 Å². The van der Waals surface area contributed by atoms with Crippen LogP contribution in [-0.4, -0.2) is 62.7 Å². The number of nitrogens with zero attached hydrogens (tertiary/aromatic N) is 5. The quantitative estimate of drug-likeness (QED) is 0.515. The Kier molecular flexibility index (Phi) is 6.04. The van der Waals surface area contributed by atoms with E-state index in [1.807, 2.05) is 12.1 Å². The number of hydrogen-bond donors (Lipinski definition) is 0. The molecule has 0 atom stereocenters. The highest BCUT2D eigenvalue weighted by atomic mass is 35.5. The number of carbonyl (C=O) groups is 1. The zero-order valence-electron chi connectivity index (χ0n) is 17.4. The molecule has 1 aliphatic rings. The van der Waals surface area contributed by atoms with E-state index in [4.69, 9.17) is 11.6 Å². The Hall–Kier alpha value is -2.79. The van der Waals surface area contributed by atoms with E-state index in [9.17, 15) is 26.7 Å². The van der Waals surface area contributed by atoms with Crippen molar-refractivity contribution in [2.24, 2.45) is 0 Å². The monoisotopic (exact) mass is 487 g/mol. The minimum atomic E-state index is -5.82. The van der Waals surface area contributed by atoms with Crippen LogP contribution in [-0.2, 0) is 12.5 Å². The molecule has 12 heteroatoms. The summed E-state index contributed by atoms with van der Waals surface area (Å²) in [5.74, 6) is -5.70. The van der Waals surface area contributed by atoms with Crippen LogP contribution >= 0.6 is 11.6 Å². The number of aryl methyl sites for hydroxylation is 1. The molecule has 0 spiro atoms. The molecule has 1 saturated heterocycles. The fourth-order valence-corrected chi connectivity index (χ4v) is 3.82. The van der Waals surface area contributed by atoms with Crippen molar-refractivity contribution in [1.82, 2.24) is 24.4 Å². The molecule has 1 aromatic carbocycles. The molecule has 2 aromatic heterocycles. The molecule has 0 aliphatic carbocycles. The molecule has 0 unspecified atom stereocenters. The number of fused-ring (bicyclic) bond motifs is 1. The summed E-state index contributed by atoms with van der Waals surface area (Å²) in [5, 5.41) is 4.40. The number of halogens is 6. The third kappa shape index (κ3) is 4.65. The lowest BCUT2D eigenvalue weighted by Gasteiger charge is -2.34. The van der Waals surface area contributed by atoms with Gasteiger partial charge < -0.3 is 4.90 Å². The van der Waals surface area contributed by atoms with Crippen molar-refractivity contribution >= 4 is 23.2 Å². The highest BCUT2D eigenvalue weighted by molar-refractivity contribution is 6.30. The highest BCUT2D eigenvalue weighted by Crippen LogP contribution is 2.43. The van der Waals surface area contributed by atoms with Gasteiger partial charge in [0.15, 0.2) is 11.3 Å². The molecule has 0 N–H and O–H groups in total. The molecule has 1 aliphatic heterocycles. The SMILES string of the molecule is Cc1cc(C(F)(F)C(F)(F)F)n2nc(C(=O)N3CCN(Cc4ccc(Cl)cc4)CC3)cc2n1. The predicted molar refractivity (Wildman–Crippen MR) is 110 cm³/mol. The Morgan fingerprint density at radius 2 is 1.67 bits per heavy atom. The summed E-state index contributed by atoms with van der Waals surface area (Å²) in [7, 11) is 0. The average Bonchev–Trinajstić information content (AvgIpc) is 3.17. The minimum absolute atomic E-state index is 0.0452. The van der Waals surface area contributed by atoms with Crippen molar-refractivity contribution in [1.29, 1.82) is 0 Å². The molecule has 3 aromatic rings. The summed E-state index contributed by atoms with van der Waals surface area (Å²) in [6, 6.07) is 9.18. The van der Waals surface area contributed by atoms with E-state index in [0.29, 0.717) is 48.3 Å². The minimum Gasteiger partial charge on any atom is -0.335 e. The Bertz CT molecular complexity index is 1170. The van der Waals surface area contributed by atoms with Gasteiger partial charge >= 0.3 is 12.1 Å². The van der Waals surface area contributed by atoms with Gasteiger partial charge in [-0.05, 0) is 30.7 Å². The number of hydrogen-bond acceptors (Lipinski definition) is 4. The van der Waals surface area contributed by atoms with Gasteiger partial charge in [-0.3, -0.25) is 9.69 Å². The Balaban J connectivity index is 1.51. The van der Waals surface area contributed by atoms with Crippen LogP contribution in [0.5, 0.6) is 0 Å². The van der Waals surface area contributed by atoms with E-state index in [0.717, 1.165) is 11.6 Å². The topological polar surface area (TPSA) is 53.7 Å². The first-order valence-corrected chi connectivity index (χ1v) is 10.4. The lowest BCUT2D eigenvalue weighted by Crippen LogP contribution is -2.48. The highest BCUT2D eigenvalue weighted by Gasteiger charge is 2.60. The van der Waals surface area contributed by atoms with Crippen molar-refractivity contribution in [3.8, 4) is 0 Å². The van der Waals surface area contributed by atoms with Crippen LogP contribution in [0.3, 0.4) is 0 Å². The van der Waals surface area contributed by atoms with Crippen molar-refractivity contribution in [3.05, 3.63) is 64.1 Å². The van der Waals surface area contributed by atoms with Gasteiger partial charge in [0.05, 0.1) is 0 Å². The third-order valence-electron chi connectivity index (χ3n) is 5.43. The summed E-state index contributed by atoms with van der Waals surface area (Å²) in [4.78, 5) is 20.5. The maximum atomic E-state index is 14.1. The summed E-state index contributed by atoms with van der Waals surface area (Å²) in [5.41, 5.74) is -0.850. The molecular weight excluding hydrogens is 469 g/mol. The van der Waals surface area contributed by atoms with Crippen LogP contribution in [0, 0.1) is 6.92 Å². The lowest BCUT2D eigenvalue weighted by atomic mass is 10.2. The first-order chi connectivity index (χ1) is 15.5. The summed E-state index contributed by atoms with van der Waals surface area (Å²) in [6.45, 7) is 3.82. The zero-order valence-corrected chi connectivity index (χ0v) is 18.2. The van der Waals surface area contributed by atoms with Gasteiger partial charge in [0.1, 0.15) is 5.69 Å². The van der Waals surface area contributed by atoms with Gasteiger partial charge in [-0.15, -0.1) is 0 Å². The second-order valence-electron chi connectivity index (χ2n) is 7.85. The summed E-state index contributed by atoms with van der Waals surface area (Å²) < 4.78 is 67.4. The summed E-state index contributed by atoms with van der Waals surface area (Å²) >= 11 is 5.89. The van der Waals surface area contributed by atoms with Crippen LogP contribution in [0.2, 0.25) is 5.02 Å². The fourth-order valence-electron chi connectivity index (χ4n) is 3.69. The van der Waals surface area contributed by atoms with Crippen LogP contribution in [0.1, 0.15) is 27.4 Å². The largest absolute Gasteiger partial charge is 0.459 e. The van der Waals surface area contributed by atoms with Gasteiger partial charge in [-0.1, -0.05) is 23.7 Å².